The maximum absolute atomic E-state index is 13.1. The average molecular weight is 434 g/mol. The van der Waals surface area contributed by atoms with Crippen LogP contribution in [-0.4, -0.2) is 67.7 Å². The van der Waals surface area contributed by atoms with Crippen molar-refractivity contribution in [2.45, 2.75) is 23.6 Å². The van der Waals surface area contributed by atoms with Gasteiger partial charge in [0.1, 0.15) is 4.21 Å². The van der Waals surface area contributed by atoms with Gasteiger partial charge in [0.25, 0.3) is 10.0 Å². The molecule has 0 bridgehead atoms. The Labute approximate surface area is 176 Å². The van der Waals surface area contributed by atoms with Crippen LogP contribution in [0, 0.1) is 5.92 Å². The van der Waals surface area contributed by atoms with Gasteiger partial charge < -0.3 is 4.90 Å². The number of benzene rings is 1. The molecule has 0 radical (unpaired) electrons. The Hall–Kier alpha value is -1.74. The van der Waals surface area contributed by atoms with E-state index in [0.717, 1.165) is 32.5 Å². The lowest BCUT2D eigenvalue weighted by Gasteiger charge is -2.38. The van der Waals surface area contributed by atoms with E-state index in [0.29, 0.717) is 30.4 Å². The molecular weight excluding hydrogens is 406 g/mol. The van der Waals surface area contributed by atoms with Gasteiger partial charge in [-0.25, -0.2) is 8.42 Å². The minimum atomic E-state index is -3.49. The van der Waals surface area contributed by atoms with Crippen LogP contribution in [0.1, 0.15) is 18.4 Å². The summed E-state index contributed by atoms with van der Waals surface area (Å²) in [6.07, 6.45) is 1.49. The Morgan fingerprint density at radius 3 is 2.45 bits per heavy atom. The topological polar surface area (TPSA) is 60.9 Å². The van der Waals surface area contributed by atoms with Crippen molar-refractivity contribution in [2.75, 3.05) is 39.3 Å². The lowest BCUT2D eigenvalue weighted by Crippen LogP contribution is -2.52. The number of piperazine rings is 1. The summed E-state index contributed by atoms with van der Waals surface area (Å²) in [5, 5.41) is 1.77. The standard InChI is InChI=1S/C21H27N3O3S2/c25-21(23-13-11-22(12-14-23)16-18-6-2-1-3-7-18)19-8-4-10-24(17-19)29(26,27)20-9-5-15-28-20/h1-3,5-7,9,15,19H,4,8,10-14,16-17H2. The monoisotopic (exact) mass is 433 g/mol. The number of thiophene rings is 1. The maximum Gasteiger partial charge on any atom is 0.252 e. The van der Waals surface area contributed by atoms with Gasteiger partial charge in [0.05, 0.1) is 5.92 Å². The molecule has 2 fully saturated rings. The molecule has 2 saturated heterocycles. The molecule has 1 aromatic carbocycles. The van der Waals surface area contributed by atoms with Crippen molar-refractivity contribution >= 4 is 27.3 Å². The number of carbonyl (C=O) groups excluding carboxylic acids is 1. The average Bonchev–Trinajstić information content (AvgIpc) is 3.31. The Morgan fingerprint density at radius 1 is 1.00 bits per heavy atom. The van der Waals surface area contributed by atoms with Crippen LogP contribution in [0.15, 0.2) is 52.1 Å². The highest BCUT2D eigenvalue weighted by atomic mass is 32.2. The Kier molecular flexibility index (Phi) is 6.34. The zero-order chi connectivity index (χ0) is 20.3. The zero-order valence-electron chi connectivity index (χ0n) is 16.4. The quantitative estimate of drug-likeness (QED) is 0.727. The molecule has 0 N–H and O–H groups in total. The highest BCUT2D eigenvalue weighted by Crippen LogP contribution is 2.27. The molecule has 1 aromatic heterocycles. The van der Waals surface area contributed by atoms with E-state index in [2.05, 4.69) is 17.0 Å². The first kappa shape index (κ1) is 20.5. The summed E-state index contributed by atoms with van der Waals surface area (Å²) < 4.78 is 27.5. The molecule has 3 heterocycles. The van der Waals surface area contributed by atoms with Crippen LogP contribution in [0.25, 0.3) is 0 Å². The van der Waals surface area contributed by atoms with Gasteiger partial charge in [-0.05, 0) is 29.9 Å². The normalized spacial score (nSPS) is 21.9. The second-order valence-electron chi connectivity index (χ2n) is 7.72. The minimum Gasteiger partial charge on any atom is -0.340 e. The predicted octanol–water partition coefficient (Wildman–Crippen LogP) is 2.49. The highest BCUT2D eigenvalue weighted by molar-refractivity contribution is 7.91. The number of sulfonamides is 1. The van der Waals surface area contributed by atoms with Gasteiger partial charge in [0.15, 0.2) is 0 Å². The van der Waals surface area contributed by atoms with Crippen molar-refractivity contribution in [1.82, 2.24) is 14.1 Å². The van der Waals surface area contributed by atoms with Gasteiger partial charge >= 0.3 is 0 Å². The molecule has 0 spiro atoms. The molecule has 2 aromatic rings. The van der Waals surface area contributed by atoms with Crippen LogP contribution in [0.5, 0.6) is 0 Å². The van der Waals surface area contributed by atoms with E-state index in [1.165, 1.54) is 21.2 Å². The van der Waals surface area contributed by atoms with Gasteiger partial charge in [0, 0.05) is 45.8 Å². The fourth-order valence-electron chi connectivity index (χ4n) is 4.13. The molecule has 1 amide bonds. The SMILES string of the molecule is O=C(C1CCCN(S(=O)(=O)c2cccs2)C1)N1CCN(Cc2ccccc2)CC1. The lowest BCUT2D eigenvalue weighted by molar-refractivity contribution is -0.138. The molecule has 6 nitrogen and oxygen atoms in total. The van der Waals surface area contributed by atoms with Crippen LogP contribution >= 0.6 is 11.3 Å². The van der Waals surface area contributed by atoms with Crippen molar-refractivity contribution in [3.05, 3.63) is 53.4 Å². The first-order chi connectivity index (χ1) is 14.0. The highest BCUT2D eigenvalue weighted by Gasteiger charge is 2.36. The van der Waals surface area contributed by atoms with E-state index in [1.807, 2.05) is 23.1 Å². The number of hydrogen-bond donors (Lipinski definition) is 0. The van der Waals surface area contributed by atoms with Gasteiger partial charge in [-0.2, -0.15) is 4.31 Å². The largest absolute Gasteiger partial charge is 0.340 e. The predicted molar refractivity (Wildman–Crippen MR) is 114 cm³/mol. The summed E-state index contributed by atoms with van der Waals surface area (Å²) in [6, 6.07) is 13.8. The second kappa shape index (κ2) is 8.95. The number of piperidine rings is 1. The Bertz CT molecular complexity index is 908. The molecule has 1 atom stereocenters. The summed E-state index contributed by atoms with van der Waals surface area (Å²) in [7, 11) is -3.49. The third-order valence-electron chi connectivity index (χ3n) is 5.76. The van der Waals surface area contributed by atoms with E-state index in [9.17, 15) is 13.2 Å². The number of nitrogens with zero attached hydrogens (tertiary/aromatic N) is 3. The van der Waals surface area contributed by atoms with Crippen LogP contribution in [0.2, 0.25) is 0 Å². The summed E-state index contributed by atoms with van der Waals surface area (Å²) in [4.78, 5) is 17.4. The summed E-state index contributed by atoms with van der Waals surface area (Å²) in [5.74, 6) is -0.130. The molecule has 156 valence electrons. The fourth-order valence-corrected chi connectivity index (χ4v) is 6.79. The smallest absolute Gasteiger partial charge is 0.252 e. The van der Waals surface area contributed by atoms with E-state index >= 15 is 0 Å². The fraction of sp³-hybridized carbons (Fsp3) is 0.476. The van der Waals surface area contributed by atoms with Crippen LogP contribution in [0.4, 0.5) is 0 Å². The summed E-state index contributed by atoms with van der Waals surface area (Å²) in [5.41, 5.74) is 1.29. The molecule has 0 aliphatic carbocycles. The first-order valence-corrected chi connectivity index (χ1v) is 12.4. The third-order valence-corrected chi connectivity index (χ3v) is 8.99. The molecule has 2 aliphatic rings. The molecule has 0 saturated carbocycles. The lowest BCUT2D eigenvalue weighted by atomic mass is 9.97. The summed E-state index contributed by atoms with van der Waals surface area (Å²) in [6.45, 7) is 4.81. The molecule has 1 unspecified atom stereocenters. The maximum atomic E-state index is 13.1. The van der Waals surface area contributed by atoms with Crippen molar-refractivity contribution < 1.29 is 13.2 Å². The minimum absolute atomic E-state index is 0.107. The van der Waals surface area contributed by atoms with Crippen molar-refractivity contribution in [2.24, 2.45) is 5.92 Å². The van der Waals surface area contributed by atoms with E-state index < -0.39 is 10.0 Å². The third kappa shape index (κ3) is 4.71. The first-order valence-electron chi connectivity index (χ1n) is 10.1. The number of hydrogen-bond acceptors (Lipinski definition) is 5. The molecule has 8 heteroatoms. The molecular formula is C21H27N3O3S2. The number of carbonyl (C=O) groups is 1. The van der Waals surface area contributed by atoms with E-state index in [-0.39, 0.29) is 11.8 Å². The van der Waals surface area contributed by atoms with Crippen molar-refractivity contribution in [3.8, 4) is 0 Å². The number of rotatable bonds is 5. The van der Waals surface area contributed by atoms with Gasteiger partial charge in [-0.3, -0.25) is 9.69 Å². The number of amides is 1. The van der Waals surface area contributed by atoms with Gasteiger partial charge in [0.2, 0.25) is 5.91 Å². The molecule has 4 rings (SSSR count). The Balaban J connectivity index is 1.33. The van der Waals surface area contributed by atoms with Crippen molar-refractivity contribution in [1.29, 1.82) is 0 Å². The van der Waals surface area contributed by atoms with Crippen LogP contribution < -0.4 is 0 Å². The van der Waals surface area contributed by atoms with Crippen LogP contribution in [0.3, 0.4) is 0 Å². The Morgan fingerprint density at radius 2 is 1.76 bits per heavy atom. The zero-order valence-corrected chi connectivity index (χ0v) is 18.1. The van der Waals surface area contributed by atoms with Gasteiger partial charge in [-0.1, -0.05) is 36.4 Å². The van der Waals surface area contributed by atoms with Crippen molar-refractivity contribution in [3.63, 3.8) is 0 Å². The molecule has 2 aliphatic heterocycles. The summed E-state index contributed by atoms with van der Waals surface area (Å²) >= 11 is 1.23. The second-order valence-corrected chi connectivity index (χ2v) is 10.8. The van der Waals surface area contributed by atoms with Crippen LogP contribution in [-0.2, 0) is 21.4 Å². The van der Waals surface area contributed by atoms with E-state index in [4.69, 9.17) is 0 Å². The molecule has 29 heavy (non-hydrogen) atoms. The van der Waals surface area contributed by atoms with Gasteiger partial charge in [-0.15, -0.1) is 11.3 Å². The van der Waals surface area contributed by atoms with E-state index in [1.54, 1.807) is 17.5 Å².